The van der Waals surface area contributed by atoms with Crippen LogP contribution in [0.4, 0.5) is 0 Å². The normalized spacial score (nSPS) is 53.3. The number of hydrogen-bond donors (Lipinski definition) is 0. The lowest BCUT2D eigenvalue weighted by Gasteiger charge is -2.36. The van der Waals surface area contributed by atoms with Crippen LogP contribution in [0.5, 0.6) is 0 Å². The van der Waals surface area contributed by atoms with Crippen LogP contribution >= 0.6 is 0 Å². The predicted octanol–water partition coefficient (Wildman–Crippen LogP) is 2.90. The van der Waals surface area contributed by atoms with E-state index in [4.69, 9.17) is 14.2 Å². The highest BCUT2D eigenvalue weighted by Crippen LogP contribution is 2.69. The van der Waals surface area contributed by atoms with Crippen LogP contribution in [0.1, 0.15) is 72.1 Å². The van der Waals surface area contributed by atoms with Gasteiger partial charge in [0.1, 0.15) is 17.3 Å². The Balaban J connectivity index is 1.42. The number of carbonyl (C=O) groups excluding carboxylic acids is 2. The number of esters is 2. The highest BCUT2D eigenvalue weighted by molar-refractivity contribution is 5.93. The number of epoxide rings is 1. The fraction of sp³-hybridized carbons (Fsp3) is 0.895. The van der Waals surface area contributed by atoms with Crippen molar-refractivity contribution >= 4 is 11.9 Å². The van der Waals surface area contributed by atoms with Crippen LogP contribution in [-0.2, 0) is 23.8 Å². The van der Waals surface area contributed by atoms with Crippen LogP contribution in [0.3, 0.4) is 0 Å². The van der Waals surface area contributed by atoms with Gasteiger partial charge in [0.25, 0.3) is 0 Å². The maximum atomic E-state index is 13.2. The molecule has 0 unspecified atom stereocenters. The summed E-state index contributed by atoms with van der Waals surface area (Å²) in [6.07, 6.45) is 7.34. The second-order valence-electron chi connectivity index (χ2n) is 9.30. The fourth-order valence-electron chi connectivity index (χ4n) is 6.25. The van der Waals surface area contributed by atoms with Crippen LogP contribution in [-0.4, -0.2) is 34.8 Å². The average Bonchev–Trinajstić information content (AvgIpc) is 3.02. The molecular formula is C19H26O5. The number of hydrogen-bond acceptors (Lipinski definition) is 5. The van der Waals surface area contributed by atoms with Crippen LogP contribution < -0.4 is 0 Å². The Kier molecular flexibility index (Phi) is 2.53. The molecule has 2 heterocycles. The fourth-order valence-corrected chi connectivity index (χ4v) is 6.25. The summed E-state index contributed by atoms with van der Waals surface area (Å²) in [6.45, 7) is 5.86. The lowest BCUT2D eigenvalue weighted by Crippen LogP contribution is -2.51. The molecule has 0 spiro atoms. The zero-order valence-electron chi connectivity index (χ0n) is 14.8. The molecule has 0 amide bonds. The molecule has 5 fully saturated rings. The van der Waals surface area contributed by atoms with E-state index in [2.05, 4.69) is 0 Å². The van der Waals surface area contributed by atoms with Gasteiger partial charge in [0.15, 0.2) is 0 Å². The minimum atomic E-state index is -1.12. The lowest BCUT2D eigenvalue weighted by molar-refractivity contribution is -0.189. The Morgan fingerprint density at radius 2 is 1.83 bits per heavy atom. The molecular weight excluding hydrogens is 308 g/mol. The summed E-state index contributed by atoms with van der Waals surface area (Å²) >= 11 is 0. The van der Waals surface area contributed by atoms with Gasteiger partial charge in [-0.15, -0.1) is 0 Å². The van der Waals surface area contributed by atoms with E-state index in [-0.39, 0.29) is 29.2 Å². The van der Waals surface area contributed by atoms with Gasteiger partial charge in [0, 0.05) is 5.41 Å². The SMILES string of the molecule is CC1(C)[C@]2(C)CC[C@]1(C(=O)O[C@@H]1CC[C@]34CCCC[C@]13O4)OC2=O. The molecule has 0 N–H and O–H groups in total. The standard InChI is InChI=1S/C19H26O5/c1-15(2)16(3)10-11-19(15,23-13(16)20)14(21)22-12-6-9-17-7-4-5-8-18(12,17)24-17/h12H,4-11H2,1-3H3/t12-,16-,17-,18+,19-/m1/s1. The van der Waals surface area contributed by atoms with Crippen molar-refractivity contribution in [1.82, 2.24) is 0 Å². The summed E-state index contributed by atoms with van der Waals surface area (Å²) in [7, 11) is 0. The van der Waals surface area contributed by atoms with Crippen LogP contribution in [0.25, 0.3) is 0 Å². The van der Waals surface area contributed by atoms with Crippen molar-refractivity contribution < 1.29 is 23.8 Å². The van der Waals surface area contributed by atoms with Gasteiger partial charge in [0.05, 0.1) is 5.41 Å². The van der Waals surface area contributed by atoms with Crippen molar-refractivity contribution in [3.05, 3.63) is 0 Å². The van der Waals surface area contributed by atoms with Gasteiger partial charge in [-0.3, -0.25) is 4.79 Å². The molecule has 5 heteroatoms. The Hall–Kier alpha value is -1.10. The van der Waals surface area contributed by atoms with Crippen molar-refractivity contribution in [1.29, 1.82) is 0 Å². The molecule has 2 bridgehead atoms. The zero-order chi connectivity index (χ0) is 17.0. The number of carbonyl (C=O) groups is 2. The van der Waals surface area contributed by atoms with Gasteiger partial charge >= 0.3 is 11.9 Å². The Labute approximate surface area is 142 Å². The smallest absolute Gasteiger partial charge is 0.351 e. The van der Waals surface area contributed by atoms with Gasteiger partial charge in [-0.2, -0.15) is 0 Å². The van der Waals surface area contributed by atoms with Crippen molar-refractivity contribution in [2.75, 3.05) is 0 Å². The molecule has 5 rings (SSSR count). The minimum absolute atomic E-state index is 0.0279. The monoisotopic (exact) mass is 334 g/mol. The summed E-state index contributed by atoms with van der Waals surface area (Å²) in [5.74, 6) is -0.603. The third-order valence-electron chi connectivity index (χ3n) is 8.48. The summed E-state index contributed by atoms with van der Waals surface area (Å²) in [4.78, 5) is 25.5. The topological polar surface area (TPSA) is 65.1 Å². The molecule has 2 saturated heterocycles. The quantitative estimate of drug-likeness (QED) is 0.574. The van der Waals surface area contributed by atoms with Gasteiger partial charge in [-0.25, -0.2) is 4.79 Å². The van der Waals surface area contributed by atoms with Crippen LogP contribution in [0, 0.1) is 10.8 Å². The molecule has 5 aliphatic rings. The van der Waals surface area contributed by atoms with E-state index in [0.29, 0.717) is 12.8 Å². The molecule has 0 aromatic carbocycles. The molecule has 3 aliphatic carbocycles. The van der Waals surface area contributed by atoms with E-state index >= 15 is 0 Å². The number of fused-ring (bicyclic) bond motifs is 2. The third kappa shape index (κ3) is 1.33. The van der Waals surface area contributed by atoms with Gasteiger partial charge < -0.3 is 14.2 Å². The molecule has 0 radical (unpaired) electrons. The first-order valence-electron chi connectivity index (χ1n) is 9.38. The largest absolute Gasteiger partial charge is 0.456 e. The Morgan fingerprint density at radius 3 is 2.50 bits per heavy atom. The molecule has 3 saturated carbocycles. The molecule has 5 atom stereocenters. The van der Waals surface area contributed by atoms with Gasteiger partial charge in [-0.1, -0.05) is 26.7 Å². The molecule has 0 aromatic heterocycles. The van der Waals surface area contributed by atoms with Crippen molar-refractivity contribution in [2.24, 2.45) is 10.8 Å². The molecule has 24 heavy (non-hydrogen) atoms. The Bertz CT molecular complexity index is 652. The first kappa shape index (κ1) is 15.2. The van der Waals surface area contributed by atoms with E-state index in [1.54, 1.807) is 0 Å². The Morgan fingerprint density at radius 1 is 1.08 bits per heavy atom. The first-order chi connectivity index (χ1) is 11.2. The first-order valence-corrected chi connectivity index (χ1v) is 9.38. The van der Waals surface area contributed by atoms with Gasteiger partial charge in [-0.05, 0) is 45.4 Å². The molecule has 5 nitrogen and oxygen atoms in total. The highest BCUT2D eigenvalue weighted by Gasteiger charge is 2.80. The maximum absolute atomic E-state index is 13.2. The third-order valence-corrected chi connectivity index (χ3v) is 8.48. The second kappa shape index (κ2) is 4.00. The average molecular weight is 334 g/mol. The van der Waals surface area contributed by atoms with Crippen molar-refractivity contribution in [2.45, 2.75) is 95.0 Å². The van der Waals surface area contributed by atoms with E-state index in [9.17, 15) is 9.59 Å². The summed E-state index contributed by atoms with van der Waals surface area (Å²) in [5, 5.41) is 0. The van der Waals surface area contributed by atoms with Crippen molar-refractivity contribution in [3.63, 3.8) is 0 Å². The lowest BCUT2D eigenvalue weighted by atomic mass is 9.66. The van der Waals surface area contributed by atoms with E-state index in [1.807, 2.05) is 20.8 Å². The van der Waals surface area contributed by atoms with E-state index in [1.165, 1.54) is 6.42 Å². The number of ether oxygens (including phenoxy) is 3. The molecule has 132 valence electrons. The summed E-state index contributed by atoms with van der Waals surface area (Å²) in [6, 6.07) is 0. The van der Waals surface area contributed by atoms with Gasteiger partial charge in [0.2, 0.25) is 5.60 Å². The molecule has 2 aliphatic heterocycles. The summed E-state index contributed by atoms with van der Waals surface area (Å²) < 4.78 is 17.8. The zero-order valence-corrected chi connectivity index (χ0v) is 14.8. The second-order valence-corrected chi connectivity index (χ2v) is 9.30. The van der Waals surface area contributed by atoms with Crippen LogP contribution in [0.15, 0.2) is 0 Å². The minimum Gasteiger partial charge on any atom is -0.456 e. The predicted molar refractivity (Wildman–Crippen MR) is 84.1 cm³/mol. The summed E-state index contributed by atoms with van der Waals surface area (Å²) in [5.41, 5.74) is -2.53. The van der Waals surface area contributed by atoms with E-state index < -0.39 is 16.4 Å². The van der Waals surface area contributed by atoms with E-state index in [0.717, 1.165) is 32.1 Å². The maximum Gasteiger partial charge on any atom is 0.351 e. The van der Waals surface area contributed by atoms with Crippen molar-refractivity contribution in [3.8, 4) is 0 Å². The molecule has 0 aromatic rings. The van der Waals surface area contributed by atoms with Crippen LogP contribution in [0.2, 0.25) is 0 Å². The highest BCUT2D eigenvalue weighted by atomic mass is 16.7. The number of rotatable bonds is 2.